The summed E-state index contributed by atoms with van der Waals surface area (Å²) in [5.74, 6) is -0.165. The smallest absolute Gasteiger partial charge is 0.337 e. The molecular formula is C19H21NO4. The summed E-state index contributed by atoms with van der Waals surface area (Å²) >= 11 is 0. The van der Waals surface area contributed by atoms with Crippen LogP contribution in [0.1, 0.15) is 27.0 Å². The molecule has 0 bridgehead atoms. The number of carbonyl (C=O) groups excluding carboxylic acids is 2. The number of esters is 1. The van der Waals surface area contributed by atoms with Gasteiger partial charge in [0.25, 0.3) is 0 Å². The lowest BCUT2D eigenvalue weighted by Gasteiger charge is -2.12. The summed E-state index contributed by atoms with van der Waals surface area (Å²) in [6.07, 6.45) is 0.248. The van der Waals surface area contributed by atoms with Gasteiger partial charge in [-0.2, -0.15) is 0 Å². The summed E-state index contributed by atoms with van der Waals surface area (Å²) in [6.45, 7) is 3.99. The van der Waals surface area contributed by atoms with Gasteiger partial charge in [0.15, 0.2) is 0 Å². The van der Waals surface area contributed by atoms with Gasteiger partial charge in [-0.05, 0) is 43.2 Å². The number of ether oxygens (including phenoxy) is 2. The molecule has 0 aliphatic carbocycles. The molecule has 0 aliphatic rings. The van der Waals surface area contributed by atoms with E-state index >= 15 is 0 Å². The molecule has 0 aliphatic heterocycles. The van der Waals surface area contributed by atoms with Gasteiger partial charge in [0.2, 0.25) is 5.91 Å². The number of amides is 1. The minimum atomic E-state index is -0.470. The van der Waals surface area contributed by atoms with E-state index in [4.69, 9.17) is 9.47 Å². The quantitative estimate of drug-likeness (QED) is 0.856. The third-order valence-electron chi connectivity index (χ3n) is 3.74. The molecule has 0 aromatic heterocycles. The van der Waals surface area contributed by atoms with Crippen molar-refractivity contribution in [2.24, 2.45) is 0 Å². The molecule has 5 heteroatoms. The fourth-order valence-corrected chi connectivity index (χ4v) is 2.46. The second kappa shape index (κ2) is 7.64. The number of anilines is 1. The Labute approximate surface area is 141 Å². The molecule has 0 saturated carbocycles. The van der Waals surface area contributed by atoms with Gasteiger partial charge >= 0.3 is 5.97 Å². The molecule has 0 saturated heterocycles. The van der Waals surface area contributed by atoms with E-state index < -0.39 is 5.97 Å². The van der Waals surface area contributed by atoms with Gasteiger partial charge in [0, 0.05) is 0 Å². The van der Waals surface area contributed by atoms with Crippen molar-refractivity contribution in [3.05, 3.63) is 58.7 Å². The zero-order chi connectivity index (χ0) is 17.7. The second-order valence-electron chi connectivity index (χ2n) is 5.56. The van der Waals surface area contributed by atoms with E-state index in [9.17, 15) is 9.59 Å². The molecule has 0 radical (unpaired) electrons. The van der Waals surface area contributed by atoms with E-state index in [1.807, 2.05) is 32.0 Å². The number of nitrogens with one attached hydrogen (secondary N) is 1. The highest BCUT2D eigenvalue weighted by atomic mass is 16.5. The zero-order valence-electron chi connectivity index (χ0n) is 14.3. The minimum absolute atomic E-state index is 0.178. The van der Waals surface area contributed by atoms with Crippen LogP contribution in [-0.2, 0) is 16.0 Å². The monoisotopic (exact) mass is 327 g/mol. The van der Waals surface area contributed by atoms with Crippen LogP contribution in [0.15, 0.2) is 36.4 Å². The van der Waals surface area contributed by atoms with Crippen molar-refractivity contribution < 1.29 is 19.1 Å². The first-order valence-corrected chi connectivity index (χ1v) is 7.57. The molecule has 2 aromatic rings. The fourth-order valence-electron chi connectivity index (χ4n) is 2.46. The lowest BCUT2D eigenvalue weighted by atomic mass is 10.0. The van der Waals surface area contributed by atoms with Crippen LogP contribution in [-0.4, -0.2) is 26.1 Å². The fraction of sp³-hybridized carbons (Fsp3) is 0.263. The van der Waals surface area contributed by atoms with Crippen molar-refractivity contribution in [2.75, 3.05) is 19.5 Å². The molecule has 0 atom stereocenters. The Morgan fingerprint density at radius 3 is 2.42 bits per heavy atom. The molecule has 5 nitrogen and oxygen atoms in total. The highest BCUT2D eigenvalue weighted by Crippen LogP contribution is 2.26. The summed E-state index contributed by atoms with van der Waals surface area (Å²) in [4.78, 5) is 24.0. The van der Waals surface area contributed by atoms with Crippen molar-refractivity contribution in [1.82, 2.24) is 0 Å². The lowest BCUT2D eigenvalue weighted by molar-refractivity contribution is -0.115. The van der Waals surface area contributed by atoms with Crippen LogP contribution in [0, 0.1) is 13.8 Å². The molecule has 2 aromatic carbocycles. The van der Waals surface area contributed by atoms with Crippen molar-refractivity contribution in [3.8, 4) is 5.75 Å². The van der Waals surface area contributed by atoms with E-state index in [-0.39, 0.29) is 12.3 Å². The van der Waals surface area contributed by atoms with Crippen LogP contribution in [0.25, 0.3) is 0 Å². The average Bonchev–Trinajstić information content (AvgIpc) is 2.56. The van der Waals surface area contributed by atoms with Crippen molar-refractivity contribution in [3.63, 3.8) is 0 Å². The number of hydrogen-bond donors (Lipinski definition) is 1. The summed E-state index contributed by atoms with van der Waals surface area (Å²) in [7, 11) is 2.82. The van der Waals surface area contributed by atoms with Crippen LogP contribution in [0.4, 0.5) is 5.69 Å². The first-order valence-electron chi connectivity index (χ1n) is 7.57. The molecule has 2 rings (SSSR count). The van der Waals surface area contributed by atoms with E-state index in [0.717, 1.165) is 16.7 Å². The average molecular weight is 327 g/mol. The molecule has 24 heavy (non-hydrogen) atoms. The van der Waals surface area contributed by atoms with Crippen molar-refractivity contribution in [2.45, 2.75) is 20.3 Å². The van der Waals surface area contributed by atoms with Crippen LogP contribution in [0.5, 0.6) is 5.75 Å². The van der Waals surface area contributed by atoms with Crippen LogP contribution in [0.2, 0.25) is 0 Å². The zero-order valence-corrected chi connectivity index (χ0v) is 14.3. The largest absolute Gasteiger partial charge is 0.495 e. The van der Waals surface area contributed by atoms with Gasteiger partial charge in [-0.25, -0.2) is 4.79 Å². The predicted molar refractivity (Wildman–Crippen MR) is 92.6 cm³/mol. The third kappa shape index (κ3) is 4.13. The Morgan fingerprint density at radius 1 is 1.04 bits per heavy atom. The van der Waals surface area contributed by atoms with Crippen LogP contribution >= 0.6 is 0 Å². The van der Waals surface area contributed by atoms with E-state index in [1.165, 1.54) is 14.2 Å². The van der Waals surface area contributed by atoms with Gasteiger partial charge in [-0.15, -0.1) is 0 Å². The number of carbonyl (C=O) groups is 2. The van der Waals surface area contributed by atoms with E-state index in [0.29, 0.717) is 17.0 Å². The number of hydrogen-bond acceptors (Lipinski definition) is 4. The molecule has 0 unspecified atom stereocenters. The lowest BCUT2D eigenvalue weighted by Crippen LogP contribution is -2.16. The molecule has 0 fully saturated rings. The highest BCUT2D eigenvalue weighted by Gasteiger charge is 2.13. The molecule has 126 valence electrons. The van der Waals surface area contributed by atoms with E-state index in [2.05, 4.69) is 5.32 Å². The van der Waals surface area contributed by atoms with Gasteiger partial charge in [-0.1, -0.05) is 23.8 Å². The second-order valence-corrected chi connectivity index (χ2v) is 5.56. The summed E-state index contributed by atoms with van der Waals surface area (Å²) in [6, 6.07) is 10.7. The van der Waals surface area contributed by atoms with Gasteiger partial charge in [0.05, 0.1) is 31.9 Å². The number of benzene rings is 2. The summed E-state index contributed by atoms with van der Waals surface area (Å²) < 4.78 is 9.94. The maximum atomic E-state index is 12.4. The van der Waals surface area contributed by atoms with Gasteiger partial charge < -0.3 is 14.8 Å². The first-order chi connectivity index (χ1) is 11.4. The first kappa shape index (κ1) is 17.5. The Hall–Kier alpha value is -2.82. The minimum Gasteiger partial charge on any atom is -0.495 e. The maximum Gasteiger partial charge on any atom is 0.337 e. The highest BCUT2D eigenvalue weighted by molar-refractivity contribution is 5.97. The summed E-state index contributed by atoms with van der Waals surface area (Å²) in [5, 5.41) is 2.80. The third-order valence-corrected chi connectivity index (χ3v) is 3.74. The van der Waals surface area contributed by atoms with E-state index in [1.54, 1.807) is 18.2 Å². The Kier molecular flexibility index (Phi) is 5.58. The van der Waals surface area contributed by atoms with Gasteiger partial charge in [0.1, 0.15) is 5.75 Å². The Balaban J connectivity index is 2.19. The number of aryl methyl sites for hydroxylation is 2. The van der Waals surface area contributed by atoms with Crippen molar-refractivity contribution in [1.29, 1.82) is 0 Å². The predicted octanol–water partition coefficient (Wildman–Crippen LogP) is 3.28. The van der Waals surface area contributed by atoms with Crippen molar-refractivity contribution >= 4 is 17.6 Å². The number of rotatable bonds is 5. The molecular weight excluding hydrogens is 306 g/mol. The molecule has 1 amide bonds. The summed E-state index contributed by atoms with van der Waals surface area (Å²) in [5.41, 5.74) is 3.97. The maximum absolute atomic E-state index is 12.4. The molecule has 0 spiro atoms. The normalized spacial score (nSPS) is 10.2. The van der Waals surface area contributed by atoms with Crippen LogP contribution < -0.4 is 10.1 Å². The SMILES string of the molecule is COC(=O)c1ccc(OC)c(NC(=O)Cc2ccc(C)cc2C)c1. The molecule has 0 heterocycles. The Bertz CT molecular complexity index is 768. The standard InChI is InChI=1S/C19H21NO4/c1-12-5-6-14(13(2)9-12)11-18(21)20-16-10-15(19(22)24-4)7-8-17(16)23-3/h5-10H,11H2,1-4H3,(H,20,21). The van der Waals surface area contributed by atoms with Crippen LogP contribution in [0.3, 0.4) is 0 Å². The Morgan fingerprint density at radius 2 is 1.79 bits per heavy atom. The molecule has 1 N–H and O–H groups in total. The number of methoxy groups -OCH3 is 2. The topological polar surface area (TPSA) is 64.6 Å². The van der Waals surface area contributed by atoms with Gasteiger partial charge in [-0.3, -0.25) is 4.79 Å².